The largest absolute Gasteiger partial charge is 0.432 e. The molecule has 0 saturated carbocycles. The molecule has 90 valence electrons. The zero-order valence-corrected chi connectivity index (χ0v) is 9.88. The summed E-state index contributed by atoms with van der Waals surface area (Å²) < 4.78 is 9.76. The summed E-state index contributed by atoms with van der Waals surface area (Å²) in [6, 6.07) is 1.23. The lowest BCUT2D eigenvalue weighted by Crippen LogP contribution is -2.15. The highest BCUT2D eigenvalue weighted by molar-refractivity contribution is 7.99. The Labute approximate surface area is 103 Å². The number of halogens is 1. The van der Waals surface area contributed by atoms with E-state index < -0.39 is 11.2 Å². The van der Waals surface area contributed by atoms with Crippen molar-refractivity contribution in [1.82, 2.24) is 4.98 Å². The fraction of sp³-hybridized carbons (Fsp3) is 0.222. The third-order valence-electron chi connectivity index (χ3n) is 1.81. The highest BCUT2D eigenvalue weighted by atomic mass is 35.5. The van der Waals surface area contributed by atoms with E-state index in [0.29, 0.717) is 5.75 Å². The van der Waals surface area contributed by atoms with Crippen LogP contribution in [-0.4, -0.2) is 22.5 Å². The molecule has 0 spiro atoms. The Morgan fingerprint density at radius 2 is 2.18 bits per heavy atom. The Morgan fingerprint density at radius 3 is 2.88 bits per heavy atom. The van der Waals surface area contributed by atoms with Gasteiger partial charge in [0, 0.05) is 11.8 Å². The number of nitrogens with zero attached hydrogens (tertiary/aromatic N) is 1. The average Bonchev–Trinajstić information content (AvgIpc) is 2.24. The average molecular weight is 276 g/mol. The molecule has 8 heteroatoms. The number of hydrogen-bond donors (Lipinski definition) is 1. The molecule has 0 aliphatic carbocycles. The number of aliphatic hydroxyl groups is 1. The first-order valence-electron chi connectivity index (χ1n) is 4.50. The minimum Gasteiger partial charge on any atom is -0.432 e. The van der Waals surface area contributed by atoms with Crippen LogP contribution >= 0.6 is 23.4 Å². The molecule has 0 fully saturated rings. The molecule has 0 unspecified atom stereocenters. The van der Waals surface area contributed by atoms with Gasteiger partial charge >= 0.3 is 5.63 Å². The second kappa shape index (κ2) is 4.91. The third-order valence-corrected chi connectivity index (χ3v) is 2.80. The van der Waals surface area contributed by atoms with E-state index in [2.05, 4.69) is 9.40 Å². The van der Waals surface area contributed by atoms with Gasteiger partial charge in [0.25, 0.3) is 10.8 Å². The lowest BCUT2D eigenvalue weighted by atomic mass is 10.3. The van der Waals surface area contributed by atoms with Crippen LogP contribution in [0.4, 0.5) is 0 Å². The van der Waals surface area contributed by atoms with Crippen molar-refractivity contribution in [2.24, 2.45) is 0 Å². The predicted octanol–water partition coefficient (Wildman–Crippen LogP) is 0.879. The van der Waals surface area contributed by atoms with Gasteiger partial charge in [0.05, 0.1) is 6.61 Å². The molecule has 0 aliphatic heterocycles. The van der Waals surface area contributed by atoms with Crippen molar-refractivity contribution in [3.05, 3.63) is 32.1 Å². The Bertz CT molecular complexity index is 664. The van der Waals surface area contributed by atoms with Crippen molar-refractivity contribution >= 4 is 34.3 Å². The van der Waals surface area contributed by atoms with E-state index in [9.17, 15) is 9.59 Å². The fourth-order valence-electron chi connectivity index (χ4n) is 1.17. The minimum absolute atomic E-state index is 0.0201. The molecule has 1 N–H and O–H groups in total. The van der Waals surface area contributed by atoms with Crippen molar-refractivity contribution in [1.29, 1.82) is 0 Å². The Balaban J connectivity index is 2.65. The van der Waals surface area contributed by atoms with Gasteiger partial charge in [0.15, 0.2) is 11.0 Å². The van der Waals surface area contributed by atoms with E-state index in [1.165, 1.54) is 6.07 Å². The number of thioether (sulfide) groups is 1. The van der Waals surface area contributed by atoms with Gasteiger partial charge in [0.1, 0.15) is 0 Å². The molecule has 0 bridgehead atoms. The Kier molecular flexibility index (Phi) is 3.51. The van der Waals surface area contributed by atoms with Gasteiger partial charge in [-0.15, -0.1) is 0 Å². The van der Waals surface area contributed by atoms with Gasteiger partial charge in [-0.2, -0.15) is 4.98 Å². The van der Waals surface area contributed by atoms with E-state index >= 15 is 0 Å². The highest BCUT2D eigenvalue weighted by Crippen LogP contribution is 2.19. The number of hydrogen-bond acceptors (Lipinski definition) is 7. The van der Waals surface area contributed by atoms with Gasteiger partial charge in [0.2, 0.25) is 5.22 Å². The molecule has 2 heterocycles. The van der Waals surface area contributed by atoms with Crippen LogP contribution in [0.15, 0.2) is 29.7 Å². The monoisotopic (exact) mass is 275 g/mol. The number of aliphatic hydroxyl groups excluding tert-OH is 1. The molecule has 17 heavy (non-hydrogen) atoms. The predicted molar refractivity (Wildman–Crippen MR) is 61.6 cm³/mol. The maximum absolute atomic E-state index is 11.5. The van der Waals surface area contributed by atoms with Crippen LogP contribution in [0.25, 0.3) is 11.0 Å². The molecular formula is C9H6ClNO5S. The number of fused-ring (bicyclic) bond motifs is 1. The van der Waals surface area contributed by atoms with Crippen LogP contribution in [0.1, 0.15) is 0 Å². The van der Waals surface area contributed by atoms with E-state index in [1.54, 1.807) is 0 Å². The van der Waals surface area contributed by atoms with Crippen molar-refractivity contribution in [2.45, 2.75) is 5.22 Å². The third kappa shape index (κ3) is 2.51. The lowest BCUT2D eigenvalue weighted by Gasteiger charge is -1.99. The molecule has 0 aromatic carbocycles. The first-order valence-corrected chi connectivity index (χ1v) is 5.86. The van der Waals surface area contributed by atoms with E-state index in [-0.39, 0.29) is 28.0 Å². The minimum atomic E-state index is -0.882. The molecule has 0 atom stereocenters. The molecule has 0 saturated heterocycles. The summed E-state index contributed by atoms with van der Waals surface area (Å²) in [5.74, 6) is 0.330. The summed E-state index contributed by atoms with van der Waals surface area (Å²) in [6.07, 6.45) is 0. The normalized spacial score (nSPS) is 10.9. The van der Waals surface area contributed by atoms with Gasteiger partial charge in [-0.05, 0) is 11.6 Å². The Morgan fingerprint density at radius 1 is 1.41 bits per heavy atom. The van der Waals surface area contributed by atoms with Gasteiger partial charge in [-0.25, -0.2) is 4.79 Å². The van der Waals surface area contributed by atoms with Crippen LogP contribution in [0.5, 0.6) is 0 Å². The molecular weight excluding hydrogens is 270 g/mol. The summed E-state index contributed by atoms with van der Waals surface area (Å²) in [4.78, 5) is 26.4. The maximum atomic E-state index is 11.5. The van der Waals surface area contributed by atoms with Crippen LogP contribution in [0.2, 0.25) is 5.22 Å². The second-order valence-electron chi connectivity index (χ2n) is 2.93. The quantitative estimate of drug-likeness (QED) is 0.831. The standard InChI is InChI=1S/C9H6ClNO5S/c10-5-3-4-6(8(14)16-5)7(13)11-9(15-4)17-2-1-12/h3,12H,1-2H2. The zero-order chi connectivity index (χ0) is 12.4. The summed E-state index contributed by atoms with van der Waals surface area (Å²) in [5, 5.41) is 8.27. The van der Waals surface area contributed by atoms with Crippen molar-refractivity contribution in [3.8, 4) is 0 Å². The van der Waals surface area contributed by atoms with Gasteiger partial charge < -0.3 is 13.9 Å². The van der Waals surface area contributed by atoms with Crippen LogP contribution in [0.3, 0.4) is 0 Å². The molecule has 6 nitrogen and oxygen atoms in total. The molecule has 2 rings (SSSR count). The smallest absolute Gasteiger partial charge is 0.353 e. The first-order chi connectivity index (χ1) is 8.11. The van der Waals surface area contributed by atoms with Gasteiger partial charge in [-0.1, -0.05) is 11.8 Å². The van der Waals surface area contributed by atoms with Crippen LogP contribution < -0.4 is 11.2 Å². The van der Waals surface area contributed by atoms with Crippen molar-refractivity contribution in [2.75, 3.05) is 12.4 Å². The van der Waals surface area contributed by atoms with Gasteiger partial charge in [-0.3, -0.25) is 4.79 Å². The molecule has 0 amide bonds. The highest BCUT2D eigenvalue weighted by Gasteiger charge is 2.12. The molecule has 0 aliphatic rings. The second-order valence-corrected chi connectivity index (χ2v) is 4.35. The topological polar surface area (TPSA) is 93.5 Å². The zero-order valence-electron chi connectivity index (χ0n) is 8.31. The fourth-order valence-corrected chi connectivity index (χ4v) is 1.90. The lowest BCUT2D eigenvalue weighted by molar-refractivity contribution is 0.322. The van der Waals surface area contributed by atoms with E-state index in [0.717, 1.165) is 11.8 Å². The summed E-state index contributed by atoms with van der Waals surface area (Å²) in [7, 11) is 0. The SMILES string of the molecule is O=c1nc(SCCO)oc2cc(Cl)oc(=O)c12. The summed E-state index contributed by atoms with van der Waals surface area (Å²) >= 11 is 6.59. The molecule has 2 aromatic rings. The van der Waals surface area contributed by atoms with E-state index in [4.69, 9.17) is 21.1 Å². The molecule has 0 radical (unpaired) electrons. The Hall–Kier alpha value is -1.31. The number of rotatable bonds is 3. The van der Waals surface area contributed by atoms with Crippen molar-refractivity contribution in [3.63, 3.8) is 0 Å². The maximum Gasteiger partial charge on any atom is 0.353 e. The number of aromatic nitrogens is 1. The van der Waals surface area contributed by atoms with Crippen LogP contribution in [0, 0.1) is 0 Å². The first kappa shape index (κ1) is 12.2. The summed E-state index contributed by atoms with van der Waals surface area (Å²) in [6.45, 7) is -0.0776. The van der Waals surface area contributed by atoms with Crippen molar-refractivity contribution < 1.29 is 13.9 Å². The summed E-state index contributed by atoms with van der Waals surface area (Å²) in [5.41, 5.74) is -1.60. The van der Waals surface area contributed by atoms with E-state index in [1.807, 2.05) is 0 Å². The molecule has 2 aromatic heterocycles. The van der Waals surface area contributed by atoms with Crippen LogP contribution in [-0.2, 0) is 0 Å².